The summed E-state index contributed by atoms with van der Waals surface area (Å²) >= 11 is 0. The van der Waals surface area contributed by atoms with Crippen molar-refractivity contribution < 1.29 is 14.1 Å². The summed E-state index contributed by atoms with van der Waals surface area (Å²) in [6.45, 7) is 7.98. The Balaban J connectivity index is 1.49. The van der Waals surface area contributed by atoms with E-state index in [9.17, 15) is 9.18 Å². The van der Waals surface area contributed by atoms with Gasteiger partial charge in [-0.1, -0.05) is 19.8 Å². The molecule has 1 aromatic carbocycles. The molecule has 5 heteroatoms. The topological polar surface area (TPSA) is 36.8 Å². The van der Waals surface area contributed by atoms with Crippen LogP contribution in [0.4, 0.5) is 10.1 Å². The van der Waals surface area contributed by atoms with Gasteiger partial charge in [-0.15, -0.1) is 0 Å². The van der Waals surface area contributed by atoms with Crippen molar-refractivity contribution in [1.82, 2.24) is 5.32 Å². The van der Waals surface area contributed by atoms with E-state index in [1.807, 2.05) is 19.1 Å². The molecule has 2 aliphatic rings. The van der Waals surface area contributed by atoms with Crippen molar-refractivity contribution in [2.75, 3.05) is 31.1 Å². The summed E-state index contributed by atoms with van der Waals surface area (Å²) in [5, 5.41) is 3.30. The molecular weight excluding hydrogens is 317 g/mol. The number of anilines is 1. The van der Waals surface area contributed by atoms with Gasteiger partial charge in [0.05, 0.1) is 26.2 Å². The molecule has 3 atom stereocenters. The average Bonchev–Trinajstić information content (AvgIpc) is 2.64. The maximum Gasteiger partial charge on any atom is 0.278 e. The van der Waals surface area contributed by atoms with Crippen molar-refractivity contribution >= 4 is 11.6 Å². The van der Waals surface area contributed by atoms with Gasteiger partial charge in [-0.05, 0) is 49.9 Å². The fourth-order valence-electron chi connectivity index (χ4n) is 4.16. The zero-order valence-electron chi connectivity index (χ0n) is 15.4. The van der Waals surface area contributed by atoms with E-state index in [1.165, 1.54) is 36.3 Å². The van der Waals surface area contributed by atoms with E-state index in [0.29, 0.717) is 12.0 Å². The Morgan fingerprint density at radius 2 is 1.84 bits per heavy atom. The van der Waals surface area contributed by atoms with Crippen molar-refractivity contribution in [3.8, 4) is 0 Å². The van der Waals surface area contributed by atoms with E-state index in [-0.39, 0.29) is 17.8 Å². The first kappa shape index (κ1) is 18.2. The number of piperazine rings is 1. The van der Waals surface area contributed by atoms with Gasteiger partial charge in [0.15, 0.2) is 6.04 Å². The van der Waals surface area contributed by atoms with Crippen LogP contribution < -0.4 is 15.1 Å². The van der Waals surface area contributed by atoms with Crippen molar-refractivity contribution in [2.45, 2.75) is 51.6 Å². The molecule has 0 unspecified atom stereocenters. The SMILES string of the molecule is C[C@H](C(=O)N[C@@H]1CCCC[C@@H]1C)[NH+]1CCN(c2ccc(F)cc2)CC1. The number of halogens is 1. The lowest BCUT2D eigenvalue weighted by molar-refractivity contribution is -0.914. The van der Waals surface area contributed by atoms with Gasteiger partial charge in [-0.3, -0.25) is 4.79 Å². The van der Waals surface area contributed by atoms with Crippen LogP contribution in [0.1, 0.15) is 39.5 Å². The first-order valence-corrected chi connectivity index (χ1v) is 9.70. The molecule has 138 valence electrons. The number of rotatable bonds is 4. The highest BCUT2D eigenvalue weighted by Crippen LogP contribution is 2.23. The molecule has 0 spiro atoms. The minimum absolute atomic E-state index is 0.00973. The van der Waals surface area contributed by atoms with E-state index in [1.54, 1.807) is 0 Å². The smallest absolute Gasteiger partial charge is 0.278 e. The van der Waals surface area contributed by atoms with Crippen LogP contribution in [0.3, 0.4) is 0 Å². The quantitative estimate of drug-likeness (QED) is 0.867. The third-order valence-electron chi connectivity index (χ3n) is 6.04. The van der Waals surface area contributed by atoms with Crippen molar-refractivity contribution in [1.29, 1.82) is 0 Å². The number of carbonyl (C=O) groups excluding carboxylic acids is 1. The van der Waals surface area contributed by atoms with Crippen LogP contribution in [-0.4, -0.2) is 44.2 Å². The van der Waals surface area contributed by atoms with Gasteiger partial charge in [0.25, 0.3) is 5.91 Å². The molecule has 0 radical (unpaired) electrons. The highest BCUT2D eigenvalue weighted by atomic mass is 19.1. The molecule has 2 N–H and O–H groups in total. The molecule has 0 bridgehead atoms. The van der Waals surface area contributed by atoms with Crippen molar-refractivity contribution in [3.63, 3.8) is 0 Å². The minimum atomic E-state index is -0.199. The lowest BCUT2D eigenvalue weighted by atomic mass is 9.86. The highest BCUT2D eigenvalue weighted by molar-refractivity contribution is 5.80. The summed E-state index contributed by atoms with van der Waals surface area (Å²) in [5.41, 5.74) is 1.06. The Hall–Kier alpha value is -1.62. The van der Waals surface area contributed by atoms with Crippen LogP contribution >= 0.6 is 0 Å². The predicted molar refractivity (Wildman–Crippen MR) is 98.3 cm³/mol. The van der Waals surface area contributed by atoms with Crippen molar-refractivity contribution in [3.05, 3.63) is 30.1 Å². The van der Waals surface area contributed by atoms with Gasteiger partial charge >= 0.3 is 0 Å². The third kappa shape index (κ3) is 4.51. The average molecular weight is 348 g/mol. The molecule has 25 heavy (non-hydrogen) atoms. The van der Waals surface area contributed by atoms with E-state index in [0.717, 1.165) is 38.3 Å². The molecule has 1 aromatic rings. The number of nitrogens with zero attached hydrogens (tertiary/aromatic N) is 1. The van der Waals surface area contributed by atoms with E-state index in [2.05, 4.69) is 17.1 Å². The van der Waals surface area contributed by atoms with Gasteiger partial charge in [0.2, 0.25) is 0 Å². The zero-order valence-corrected chi connectivity index (χ0v) is 15.4. The number of benzene rings is 1. The number of amides is 1. The van der Waals surface area contributed by atoms with Gasteiger partial charge < -0.3 is 15.1 Å². The fraction of sp³-hybridized carbons (Fsp3) is 0.650. The summed E-state index contributed by atoms with van der Waals surface area (Å²) < 4.78 is 13.1. The van der Waals surface area contributed by atoms with Crippen molar-refractivity contribution in [2.24, 2.45) is 5.92 Å². The van der Waals surface area contributed by atoms with Gasteiger partial charge in [0.1, 0.15) is 5.82 Å². The molecule has 3 rings (SSSR count). The number of quaternary nitrogens is 1. The molecule has 1 aliphatic heterocycles. The Labute approximate surface area is 150 Å². The molecule has 1 heterocycles. The predicted octanol–water partition coefficient (Wildman–Crippen LogP) is 1.61. The first-order valence-electron chi connectivity index (χ1n) is 9.70. The monoisotopic (exact) mass is 348 g/mol. The number of hydrogen-bond acceptors (Lipinski definition) is 2. The summed E-state index contributed by atoms with van der Waals surface area (Å²) in [6, 6.07) is 7.03. The fourth-order valence-corrected chi connectivity index (χ4v) is 4.16. The summed E-state index contributed by atoms with van der Waals surface area (Å²) in [7, 11) is 0. The largest absolute Gasteiger partial charge is 0.360 e. The maximum absolute atomic E-state index is 13.1. The molecule has 1 saturated heterocycles. The van der Waals surface area contributed by atoms with Crippen LogP contribution in [0.5, 0.6) is 0 Å². The molecule has 0 aromatic heterocycles. The van der Waals surface area contributed by atoms with Gasteiger partial charge in [-0.2, -0.15) is 0 Å². The molecule has 1 saturated carbocycles. The van der Waals surface area contributed by atoms with E-state index < -0.39 is 0 Å². The molecule has 4 nitrogen and oxygen atoms in total. The second-order valence-corrected chi connectivity index (χ2v) is 7.72. The van der Waals surface area contributed by atoms with Crippen LogP contribution in [0, 0.1) is 11.7 Å². The Bertz CT molecular complexity index is 569. The lowest BCUT2D eigenvalue weighted by Gasteiger charge is -2.37. The highest BCUT2D eigenvalue weighted by Gasteiger charge is 2.31. The van der Waals surface area contributed by atoms with Crippen LogP contribution in [-0.2, 0) is 4.79 Å². The minimum Gasteiger partial charge on any atom is -0.360 e. The van der Waals surface area contributed by atoms with Gasteiger partial charge in [-0.25, -0.2) is 4.39 Å². The van der Waals surface area contributed by atoms with E-state index in [4.69, 9.17) is 0 Å². The normalized spacial score (nSPS) is 26.3. The number of hydrogen-bond donors (Lipinski definition) is 2. The molecule has 2 fully saturated rings. The number of carbonyl (C=O) groups is 1. The van der Waals surface area contributed by atoms with Crippen LogP contribution in [0.2, 0.25) is 0 Å². The third-order valence-corrected chi connectivity index (χ3v) is 6.04. The second-order valence-electron chi connectivity index (χ2n) is 7.72. The summed E-state index contributed by atoms with van der Waals surface area (Å²) in [5.74, 6) is 0.592. The second kappa shape index (κ2) is 8.17. The summed E-state index contributed by atoms with van der Waals surface area (Å²) in [6.07, 6.45) is 4.86. The molecular formula is C20H31FN3O+. The Morgan fingerprint density at radius 1 is 1.20 bits per heavy atom. The van der Waals surface area contributed by atoms with Crippen LogP contribution in [0.25, 0.3) is 0 Å². The van der Waals surface area contributed by atoms with E-state index >= 15 is 0 Å². The zero-order chi connectivity index (χ0) is 17.8. The first-order chi connectivity index (χ1) is 12.0. The van der Waals surface area contributed by atoms with Crippen LogP contribution in [0.15, 0.2) is 24.3 Å². The lowest BCUT2D eigenvalue weighted by Crippen LogP contribution is -3.19. The molecule has 1 aliphatic carbocycles. The Morgan fingerprint density at radius 3 is 2.48 bits per heavy atom. The molecule has 1 amide bonds. The standard InChI is InChI=1S/C20H30FN3O/c1-15-5-3-4-6-19(15)22-20(25)16(2)23-11-13-24(14-12-23)18-9-7-17(21)8-10-18/h7-10,15-16,19H,3-6,11-14H2,1-2H3,(H,22,25)/p+1/t15-,16+,19+/m0/s1. The maximum atomic E-state index is 13.1. The van der Waals surface area contributed by atoms with Gasteiger partial charge in [0, 0.05) is 11.7 Å². The summed E-state index contributed by atoms with van der Waals surface area (Å²) in [4.78, 5) is 16.3. The Kier molecular flexibility index (Phi) is 5.94. The number of nitrogens with one attached hydrogen (secondary N) is 2.